The third kappa shape index (κ3) is 3.80. The average Bonchev–Trinajstić information content (AvgIpc) is 2.73. The Balaban J connectivity index is 1.85. The second kappa shape index (κ2) is 6.53. The number of piperidine rings is 1. The maximum Gasteiger partial charge on any atom is 0.0694 e. The van der Waals surface area contributed by atoms with E-state index in [1.165, 1.54) is 37.1 Å². The Morgan fingerprint density at radius 2 is 2.16 bits per heavy atom. The van der Waals surface area contributed by atoms with Gasteiger partial charge in [-0.1, -0.05) is 20.3 Å². The zero-order valence-electron chi connectivity index (χ0n) is 12.8. The van der Waals surface area contributed by atoms with Gasteiger partial charge >= 0.3 is 0 Å². The van der Waals surface area contributed by atoms with Gasteiger partial charge in [0.15, 0.2) is 0 Å². The van der Waals surface area contributed by atoms with Gasteiger partial charge in [0.05, 0.1) is 5.69 Å². The minimum atomic E-state index is 0.496. The van der Waals surface area contributed by atoms with Crippen molar-refractivity contribution in [3.63, 3.8) is 0 Å². The van der Waals surface area contributed by atoms with Crippen LogP contribution in [0.25, 0.3) is 0 Å². The Labute approximate surface area is 117 Å². The highest BCUT2D eigenvalue weighted by atomic mass is 15.3. The van der Waals surface area contributed by atoms with Gasteiger partial charge in [-0.3, -0.25) is 4.68 Å². The molecule has 0 aliphatic carbocycles. The van der Waals surface area contributed by atoms with E-state index in [2.05, 4.69) is 42.4 Å². The summed E-state index contributed by atoms with van der Waals surface area (Å²) < 4.78 is 1.93. The van der Waals surface area contributed by atoms with E-state index < -0.39 is 0 Å². The van der Waals surface area contributed by atoms with Gasteiger partial charge in [-0.15, -0.1) is 0 Å². The number of rotatable bonds is 5. The predicted octanol–water partition coefficient (Wildman–Crippen LogP) is 2.12. The number of hydrogen-bond donors (Lipinski definition) is 1. The second-order valence-corrected chi connectivity index (χ2v) is 6.13. The molecule has 1 atom stereocenters. The lowest BCUT2D eigenvalue weighted by Gasteiger charge is -2.32. The van der Waals surface area contributed by atoms with Crippen LogP contribution in [-0.4, -0.2) is 40.9 Å². The lowest BCUT2D eigenvalue weighted by molar-refractivity contribution is 0.181. The molecular weight excluding hydrogens is 236 g/mol. The Bertz CT molecular complexity index is 397. The Hall–Kier alpha value is -0.870. The molecule has 19 heavy (non-hydrogen) atoms. The Kier molecular flexibility index (Phi) is 4.99. The van der Waals surface area contributed by atoms with Crippen LogP contribution in [0.4, 0.5) is 0 Å². The van der Waals surface area contributed by atoms with Crippen molar-refractivity contribution in [1.82, 2.24) is 20.0 Å². The molecule has 2 rings (SSSR count). The van der Waals surface area contributed by atoms with Gasteiger partial charge < -0.3 is 10.2 Å². The largest absolute Gasteiger partial charge is 0.311 e. The van der Waals surface area contributed by atoms with Gasteiger partial charge in [-0.05, 0) is 32.4 Å². The van der Waals surface area contributed by atoms with Crippen molar-refractivity contribution in [2.45, 2.75) is 51.6 Å². The van der Waals surface area contributed by atoms with Crippen molar-refractivity contribution in [1.29, 1.82) is 0 Å². The van der Waals surface area contributed by atoms with Crippen molar-refractivity contribution < 1.29 is 0 Å². The number of nitrogens with one attached hydrogen (secondary N) is 1. The number of nitrogens with zero attached hydrogens (tertiary/aromatic N) is 3. The summed E-state index contributed by atoms with van der Waals surface area (Å²) >= 11 is 0. The minimum absolute atomic E-state index is 0.496. The second-order valence-electron chi connectivity index (χ2n) is 6.13. The quantitative estimate of drug-likeness (QED) is 0.884. The molecule has 2 heterocycles. The molecule has 1 saturated heterocycles. The molecule has 1 unspecified atom stereocenters. The van der Waals surface area contributed by atoms with Gasteiger partial charge in [0, 0.05) is 37.9 Å². The van der Waals surface area contributed by atoms with Crippen molar-refractivity contribution in [2.75, 3.05) is 20.1 Å². The fourth-order valence-electron chi connectivity index (χ4n) is 2.95. The van der Waals surface area contributed by atoms with Crippen molar-refractivity contribution >= 4 is 0 Å². The first-order chi connectivity index (χ1) is 9.08. The third-order valence-corrected chi connectivity index (χ3v) is 4.10. The van der Waals surface area contributed by atoms with Crippen molar-refractivity contribution in [2.24, 2.45) is 7.05 Å². The normalized spacial score (nSPS) is 21.2. The molecular formula is C15H28N4. The summed E-state index contributed by atoms with van der Waals surface area (Å²) in [5, 5.41) is 8.17. The first-order valence-corrected chi connectivity index (χ1v) is 7.51. The number of hydrogen-bond acceptors (Lipinski definition) is 3. The molecule has 0 spiro atoms. The van der Waals surface area contributed by atoms with Crippen LogP contribution in [0.1, 0.15) is 50.3 Å². The van der Waals surface area contributed by atoms with Crippen LogP contribution >= 0.6 is 0 Å². The van der Waals surface area contributed by atoms with Crippen molar-refractivity contribution in [3.05, 3.63) is 17.5 Å². The van der Waals surface area contributed by atoms with Gasteiger partial charge in [0.25, 0.3) is 0 Å². The van der Waals surface area contributed by atoms with E-state index in [1.54, 1.807) is 0 Å². The summed E-state index contributed by atoms with van der Waals surface area (Å²) in [5.74, 6) is 0.496. The van der Waals surface area contributed by atoms with Gasteiger partial charge in [0.2, 0.25) is 0 Å². The van der Waals surface area contributed by atoms with Crippen LogP contribution in [0.15, 0.2) is 6.20 Å². The first-order valence-electron chi connectivity index (χ1n) is 7.51. The number of likely N-dealkylation sites (tertiary alicyclic amines) is 1. The fourth-order valence-corrected chi connectivity index (χ4v) is 2.95. The van der Waals surface area contributed by atoms with E-state index in [0.717, 1.165) is 13.1 Å². The van der Waals surface area contributed by atoms with Crippen LogP contribution in [0.2, 0.25) is 0 Å². The highest BCUT2D eigenvalue weighted by Crippen LogP contribution is 2.18. The van der Waals surface area contributed by atoms with Gasteiger partial charge in [0.1, 0.15) is 0 Å². The molecule has 0 amide bonds. The molecule has 0 aromatic carbocycles. The van der Waals surface area contributed by atoms with E-state index in [0.29, 0.717) is 12.0 Å². The maximum absolute atomic E-state index is 4.56. The molecule has 0 saturated carbocycles. The van der Waals surface area contributed by atoms with E-state index in [9.17, 15) is 0 Å². The van der Waals surface area contributed by atoms with Crippen LogP contribution < -0.4 is 5.32 Å². The lowest BCUT2D eigenvalue weighted by Crippen LogP contribution is -2.42. The number of aromatic nitrogens is 2. The molecule has 0 bridgehead atoms. The molecule has 108 valence electrons. The first kappa shape index (κ1) is 14.5. The molecule has 4 nitrogen and oxygen atoms in total. The maximum atomic E-state index is 4.56. The molecule has 4 heteroatoms. The zero-order valence-corrected chi connectivity index (χ0v) is 12.8. The number of likely N-dealkylation sites (N-methyl/N-ethyl adjacent to an activating group) is 1. The highest BCUT2D eigenvalue weighted by molar-refractivity contribution is 5.19. The monoisotopic (exact) mass is 264 g/mol. The van der Waals surface area contributed by atoms with Crippen LogP contribution in [-0.2, 0) is 13.6 Å². The average molecular weight is 264 g/mol. The summed E-state index contributed by atoms with van der Waals surface area (Å²) in [7, 11) is 4.25. The molecule has 1 aromatic heterocycles. The smallest absolute Gasteiger partial charge is 0.0694 e. The summed E-state index contributed by atoms with van der Waals surface area (Å²) in [6, 6.07) is 0.702. The van der Waals surface area contributed by atoms with Crippen LogP contribution in [0.5, 0.6) is 0 Å². The lowest BCUT2D eigenvalue weighted by atomic mass is 10.0. The van der Waals surface area contributed by atoms with Crippen molar-refractivity contribution in [3.8, 4) is 0 Å². The highest BCUT2D eigenvalue weighted by Gasteiger charge is 2.18. The van der Waals surface area contributed by atoms with Gasteiger partial charge in [-0.2, -0.15) is 5.10 Å². The zero-order chi connectivity index (χ0) is 13.8. The number of aryl methyl sites for hydroxylation is 1. The fraction of sp³-hybridized carbons (Fsp3) is 0.800. The standard InChI is InChI=1S/C15H28N4/c1-12(2)15-13(11-19(4)17-15)9-16-10-14-7-5-6-8-18(14)3/h11-12,14,16H,5-10H2,1-4H3. The molecule has 1 aliphatic rings. The van der Waals surface area contributed by atoms with E-state index >= 15 is 0 Å². The van der Waals surface area contributed by atoms with E-state index in [-0.39, 0.29) is 0 Å². The summed E-state index contributed by atoms with van der Waals surface area (Å²) in [5.41, 5.74) is 2.57. The van der Waals surface area contributed by atoms with Crippen LogP contribution in [0.3, 0.4) is 0 Å². The molecule has 1 N–H and O–H groups in total. The van der Waals surface area contributed by atoms with Crippen LogP contribution in [0, 0.1) is 0 Å². The Morgan fingerprint density at radius 3 is 2.84 bits per heavy atom. The Morgan fingerprint density at radius 1 is 1.37 bits per heavy atom. The summed E-state index contributed by atoms with van der Waals surface area (Å²) in [4.78, 5) is 2.49. The summed E-state index contributed by atoms with van der Waals surface area (Å²) in [6.45, 7) is 7.69. The molecule has 1 aromatic rings. The molecule has 1 fully saturated rings. The van der Waals surface area contributed by atoms with E-state index in [4.69, 9.17) is 0 Å². The van der Waals surface area contributed by atoms with E-state index in [1.807, 2.05) is 11.7 Å². The predicted molar refractivity (Wildman–Crippen MR) is 79.3 cm³/mol. The summed E-state index contributed by atoms with van der Waals surface area (Å²) in [6.07, 6.45) is 6.20. The topological polar surface area (TPSA) is 33.1 Å². The van der Waals surface area contributed by atoms with Gasteiger partial charge in [-0.25, -0.2) is 0 Å². The minimum Gasteiger partial charge on any atom is -0.311 e. The molecule has 0 radical (unpaired) electrons. The SMILES string of the molecule is CC(C)c1nn(C)cc1CNCC1CCCCN1C. The third-order valence-electron chi connectivity index (χ3n) is 4.10. The molecule has 1 aliphatic heterocycles.